The van der Waals surface area contributed by atoms with E-state index in [4.69, 9.17) is 9.84 Å². The van der Waals surface area contributed by atoms with Gasteiger partial charge in [0.05, 0.1) is 17.7 Å². The molecule has 22 heavy (non-hydrogen) atoms. The molecule has 0 atom stereocenters. The van der Waals surface area contributed by atoms with Gasteiger partial charge in [0.15, 0.2) is 0 Å². The molecule has 0 saturated heterocycles. The maximum absolute atomic E-state index is 11.6. The van der Waals surface area contributed by atoms with Crippen LogP contribution < -0.4 is 0 Å². The Morgan fingerprint density at radius 1 is 1.14 bits per heavy atom. The number of benzene rings is 2. The number of esters is 1. The third-order valence-corrected chi connectivity index (χ3v) is 4.46. The summed E-state index contributed by atoms with van der Waals surface area (Å²) in [6.07, 6.45) is 0. The van der Waals surface area contributed by atoms with Gasteiger partial charge in [0.25, 0.3) is 0 Å². The minimum atomic E-state index is -0.980. The van der Waals surface area contributed by atoms with E-state index in [1.807, 2.05) is 6.07 Å². The quantitative estimate of drug-likeness (QED) is 0.774. The summed E-state index contributed by atoms with van der Waals surface area (Å²) in [5, 5.41) is 9.11. The summed E-state index contributed by atoms with van der Waals surface area (Å²) >= 11 is 4.64. The van der Waals surface area contributed by atoms with Gasteiger partial charge in [-0.05, 0) is 65.3 Å². The van der Waals surface area contributed by atoms with Crippen molar-refractivity contribution in [1.82, 2.24) is 0 Å². The van der Waals surface area contributed by atoms with Gasteiger partial charge in [-0.25, -0.2) is 9.59 Å². The Hall–Kier alpha value is -1.79. The number of aromatic carboxylic acids is 1. The Bertz CT molecular complexity index is 698. The SMILES string of the molecule is CCOC(=O)c1ccc(Sc2ccc(Br)c(C(=O)O)c2)cc1. The number of halogens is 1. The molecular formula is C16H13BrO4S. The molecule has 0 fully saturated rings. The molecule has 4 nitrogen and oxygen atoms in total. The molecule has 0 amide bonds. The number of carbonyl (C=O) groups excluding carboxylic acids is 1. The third kappa shape index (κ3) is 4.11. The van der Waals surface area contributed by atoms with Crippen LogP contribution >= 0.6 is 27.7 Å². The Balaban J connectivity index is 2.16. The van der Waals surface area contributed by atoms with Gasteiger partial charge in [0.1, 0.15) is 0 Å². The monoisotopic (exact) mass is 380 g/mol. The highest BCUT2D eigenvalue weighted by atomic mass is 79.9. The lowest BCUT2D eigenvalue weighted by atomic mass is 10.2. The van der Waals surface area contributed by atoms with E-state index in [0.717, 1.165) is 9.79 Å². The first-order valence-electron chi connectivity index (χ1n) is 6.49. The van der Waals surface area contributed by atoms with E-state index < -0.39 is 5.97 Å². The van der Waals surface area contributed by atoms with Crippen LogP contribution in [0.3, 0.4) is 0 Å². The number of hydrogen-bond acceptors (Lipinski definition) is 4. The third-order valence-electron chi connectivity index (χ3n) is 2.77. The van der Waals surface area contributed by atoms with Gasteiger partial charge < -0.3 is 9.84 Å². The first-order chi connectivity index (χ1) is 10.5. The Kier molecular flexibility index (Phi) is 5.63. The fraction of sp³-hybridized carbons (Fsp3) is 0.125. The van der Waals surface area contributed by atoms with Gasteiger partial charge in [0.2, 0.25) is 0 Å². The summed E-state index contributed by atoms with van der Waals surface area (Å²) in [6.45, 7) is 2.10. The first kappa shape index (κ1) is 16.6. The fourth-order valence-corrected chi connectivity index (χ4v) is 3.01. The average molecular weight is 381 g/mol. The molecule has 0 aliphatic rings. The van der Waals surface area contributed by atoms with Crippen molar-refractivity contribution in [3.05, 3.63) is 58.1 Å². The summed E-state index contributed by atoms with van der Waals surface area (Å²) in [4.78, 5) is 24.4. The normalized spacial score (nSPS) is 10.3. The molecule has 0 unspecified atom stereocenters. The van der Waals surface area contributed by atoms with Gasteiger partial charge in [-0.3, -0.25) is 0 Å². The van der Waals surface area contributed by atoms with Crippen molar-refractivity contribution in [2.45, 2.75) is 16.7 Å². The Morgan fingerprint density at radius 3 is 2.36 bits per heavy atom. The van der Waals surface area contributed by atoms with E-state index in [1.54, 1.807) is 43.3 Å². The van der Waals surface area contributed by atoms with Crippen LogP contribution in [0.4, 0.5) is 0 Å². The number of ether oxygens (including phenoxy) is 1. The standard InChI is InChI=1S/C16H13BrO4S/c1-2-21-16(20)10-3-5-11(6-4-10)22-12-7-8-14(17)13(9-12)15(18)19/h3-9H,2H2,1H3,(H,18,19). The average Bonchev–Trinajstić information content (AvgIpc) is 2.50. The zero-order valence-corrected chi connectivity index (χ0v) is 14.1. The molecule has 0 bridgehead atoms. The van der Waals surface area contributed by atoms with E-state index in [2.05, 4.69) is 15.9 Å². The molecular weight excluding hydrogens is 368 g/mol. The fourth-order valence-electron chi connectivity index (χ4n) is 1.74. The van der Waals surface area contributed by atoms with Crippen molar-refractivity contribution in [3.8, 4) is 0 Å². The van der Waals surface area contributed by atoms with Crippen LogP contribution in [0.25, 0.3) is 0 Å². The molecule has 2 aromatic carbocycles. The van der Waals surface area contributed by atoms with Crippen molar-refractivity contribution >= 4 is 39.6 Å². The minimum Gasteiger partial charge on any atom is -0.478 e. The highest BCUT2D eigenvalue weighted by Gasteiger charge is 2.10. The number of hydrogen-bond donors (Lipinski definition) is 1. The minimum absolute atomic E-state index is 0.216. The molecule has 0 heterocycles. The summed E-state index contributed by atoms with van der Waals surface area (Å²) in [6, 6.07) is 12.1. The van der Waals surface area contributed by atoms with Gasteiger partial charge in [-0.15, -0.1) is 0 Å². The lowest BCUT2D eigenvalue weighted by Crippen LogP contribution is -2.03. The van der Waals surface area contributed by atoms with Gasteiger partial charge in [-0.1, -0.05) is 11.8 Å². The number of carboxylic acid groups (broad SMARTS) is 1. The molecule has 0 spiro atoms. The molecule has 1 N–H and O–H groups in total. The maximum atomic E-state index is 11.6. The van der Waals surface area contributed by atoms with Gasteiger partial charge >= 0.3 is 11.9 Å². The van der Waals surface area contributed by atoms with Gasteiger partial charge in [0, 0.05) is 14.3 Å². The summed E-state index contributed by atoms with van der Waals surface area (Å²) < 4.78 is 5.47. The van der Waals surface area contributed by atoms with Crippen LogP contribution in [0.5, 0.6) is 0 Å². The summed E-state index contributed by atoms with van der Waals surface area (Å²) in [7, 11) is 0. The molecule has 0 radical (unpaired) electrons. The van der Waals surface area contributed by atoms with Crippen LogP contribution in [0.2, 0.25) is 0 Å². The van der Waals surface area contributed by atoms with E-state index in [9.17, 15) is 9.59 Å². The van der Waals surface area contributed by atoms with Crippen molar-refractivity contribution in [2.24, 2.45) is 0 Å². The van der Waals surface area contributed by atoms with Crippen LogP contribution in [-0.2, 0) is 4.74 Å². The second kappa shape index (κ2) is 7.47. The van der Waals surface area contributed by atoms with Crippen molar-refractivity contribution in [3.63, 3.8) is 0 Å². The van der Waals surface area contributed by atoms with E-state index in [1.165, 1.54) is 11.8 Å². The maximum Gasteiger partial charge on any atom is 0.338 e. The summed E-state index contributed by atoms with van der Waals surface area (Å²) in [5.74, 6) is -1.33. The van der Waals surface area contributed by atoms with Crippen LogP contribution in [0, 0.1) is 0 Å². The predicted molar refractivity (Wildman–Crippen MR) is 87.6 cm³/mol. The van der Waals surface area contributed by atoms with E-state index in [-0.39, 0.29) is 11.5 Å². The lowest BCUT2D eigenvalue weighted by Gasteiger charge is -2.06. The molecule has 2 aromatic rings. The highest BCUT2D eigenvalue weighted by Crippen LogP contribution is 2.31. The summed E-state index contributed by atoms with van der Waals surface area (Å²) in [5.41, 5.74) is 0.710. The second-order valence-electron chi connectivity index (χ2n) is 4.29. The van der Waals surface area contributed by atoms with Crippen molar-refractivity contribution in [1.29, 1.82) is 0 Å². The van der Waals surface area contributed by atoms with Crippen LogP contribution in [-0.4, -0.2) is 23.7 Å². The highest BCUT2D eigenvalue weighted by molar-refractivity contribution is 9.10. The van der Waals surface area contributed by atoms with E-state index in [0.29, 0.717) is 16.6 Å². The molecule has 0 saturated carbocycles. The lowest BCUT2D eigenvalue weighted by molar-refractivity contribution is 0.0525. The largest absolute Gasteiger partial charge is 0.478 e. The number of carbonyl (C=O) groups is 2. The molecule has 0 aliphatic heterocycles. The number of carboxylic acids is 1. The Labute approximate surface area is 140 Å². The van der Waals surface area contributed by atoms with Crippen molar-refractivity contribution < 1.29 is 19.4 Å². The number of rotatable bonds is 5. The van der Waals surface area contributed by atoms with Gasteiger partial charge in [-0.2, -0.15) is 0 Å². The van der Waals surface area contributed by atoms with Crippen LogP contribution in [0.1, 0.15) is 27.6 Å². The molecule has 6 heteroatoms. The van der Waals surface area contributed by atoms with E-state index >= 15 is 0 Å². The topological polar surface area (TPSA) is 63.6 Å². The first-order valence-corrected chi connectivity index (χ1v) is 8.10. The molecule has 114 valence electrons. The predicted octanol–water partition coefficient (Wildman–Crippen LogP) is 4.48. The van der Waals surface area contributed by atoms with Crippen molar-refractivity contribution in [2.75, 3.05) is 6.61 Å². The molecule has 2 rings (SSSR count). The zero-order chi connectivity index (χ0) is 16.1. The van der Waals surface area contributed by atoms with Crippen LogP contribution in [0.15, 0.2) is 56.7 Å². The zero-order valence-electron chi connectivity index (χ0n) is 11.7. The smallest absolute Gasteiger partial charge is 0.338 e. The molecule has 0 aromatic heterocycles. The second-order valence-corrected chi connectivity index (χ2v) is 6.29. The molecule has 0 aliphatic carbocycles. The Morgan fingerprint density at radius 2 is 1.77 bits per heavy atom.